The van der Waals surface area contributed by atoms with Gasteiger partial charge in [-0.1, -0.05) is 0 Å². The summed E-state index contributed by atoms with van der Waals surface area (Å²) in [5.41, 5.74) is 2.04. The number of nitro groups is 1. The zero-order valence-corrected chi connectivity index (χ0v) is 17.2. The highest BCUT2D eigenvalue weighted by molar-refractivity contribution is 7.99. The quantitative estimate of drug-likeness (QED) is 0.346. The molecule has 1 N–H and O–H groups in total. The van der Waals surface area contributed by atoms with Gasteiger partial charge in [-0.05, 0) is 34.8 Å². The van der Waals surface area contributed by atoms with E-state index >= 15 is 0 Å². The summed E-state index contributed by atoms with van der Waals surface area (Å²) >= 11 is 1.07. The molecular formula is C17H19N9O3S. The van der Waals surface area contributed by atoms with Crippen LogP contribution in [0.15, 0.2) is 34.8 Å². The number of hydrogen-bond donors (Lipinski definition) is 1. The van der Waals surface area contributed by atoms with Crippen molar-refractivity contribution in [1.29, 1.82) is 0 Å². The number of aromatic nitrogens is 6. The van der Waals surface area contributed by atoms with Gasteiger partial charge in [0.1, 0.15) is 23.3 Å². The maximum atomic E-state index is 11.0. The summed E-state index contributed by atoms with van der Waals surface area (Å²) in [5.74, 6) is 0.0713. The van der Waals surface area contributed by atoms with E-state index in [1.807, 2.05) is 6.07 Å². The monoisotopic (exact) mass is 429 g/mol. The molecule has 13 heteroatoms. The maximum Gasteiger partial charge on any atom is 0.383 e. The first-order valence-electron chi connectivity index (χ1n) is 9.09. The molecule has 3 aromatic rings. The van der Waals surface area contributed by atoms with E-state index in [1.165, 1.54) is 6.20 Å². The molecule has 1 fully saturated rings. The predicted molar refractivity (Wildman–Crippen MR) is 109 cm³/mol. The van der Waals surface area contributed by atoms with Crippen molar-refractivity contribution in [3.05, 3.63) is 34.8 Å². The lowest BCUT2D eigenvalue weighted by molar-refractivity contribution is -0.390. The predicted octanol–water partition coefficient (Wildman–Crippen LogP) is 1.48. The summed E-state index contributed by atoms with van der Waals surface area (Å²) in [5, 5.41) is 18.7. The third kappa shape index (κ3) is 4.16. The molecule has 156 valence electrons. The Morgan fingerprint density at radius 2 is 2.00 bits per heavy atom. The van der Waals surface area contributed by atoms with E-state index in [1.54, 1.807) is 13.3 Å². The number of anilines is 1. The Morgan fingerprint density at radius 3 is 2.67 bits per heavy atom. The second-order valence-corrected chi connectivity index (χ2v) is 7.52. The lowest BCUT2D eigenvalue weighted by atomic mass is 10.2. The van der Waals surface area contributed by atoms with Crippen molar-refractivity contribution in [3.63, 3.8) is 0 Å². The van der Waals surface area contributed by atoms with Crippen molar-refractivity contribution in [3.8, 4) is 17.3 Å². The second-order valence-electron chi connectivity index (χ2n) is 6.54. The molecule has 1 saturated heterocycles. The Labute approximate surface area is 175 Å². The Bertz CT molecular complexity index is 1040. The van der Waals surface area contributed by atoms with Crippen molar-refractivity contribution in [1.82, 2.24) is 35.0 Å². The summed E-state index contributed by atoms with van der Waals surface area (Å²) < 4.78 is 5.60. The Morgan fingerprint density at radius 1 is 1.20 bits per heavy atom. The van der Waals surface area contributed by atoms with E-state index < -0.39 is 4.92 Å². The molecule has 3 aromatic heterocycles. The first kappa shape index (κ1) is 20.0. The summed E-state index contributed by atoms with van der Waals surface area (Å²) in [6, 6.07) is 1.82. The van der Waals surface area contributed by atoms with Crippen LogP contribution in [-0.2, 0) is 0 Å². The number of H-pyrrole nitrogens is 1. The first-order valence-corrected chi connectivity index (χ1v) is 9.90. The van der Waals surface area contributed by atoms with E-state index in [0.717, 1.165) is 49.8 Å². The Hall–Kier alpha value is -3.32. The molecule has 4 rings (SSSR count). The number of aromatic amines is 1. The van der Waals surface area contributed by atoms with E-state index in [2.05, 4.69) is 47.0 Å². The van der Waals surface area contributed by atoms with E-state index in [-0.39, 0.29) is 5.82 Å². The van der Waals surface area contributed by atoms with Crippen LogP contribution in [0.2, 0.25) is 0 Å². The summed E-state index contributed by atoms with van der Waals surface area (Å²) in [6.45, 7) is 3.42. The van der Waals surface area contributed by atoms with E-state index in [4.69, 9.17) is 4.74 Å². The fraction of sp³-hybridized carbons (Fsp3) is 0.353. The number of nitrogens with zero attached hydrogens (tertiary/aromatic N) is 8. The highest BCUT2D eigenvalue weighted by Crippen LogP contribution is 2.38. The van der Waals surface area contributed by atoms with Crippen molar-refractivity contribution in [2.45, 2.75) is 10.2 Å². The molecular weight excluding hydrogens is 410 g/mol. The number of methoxy groups -OCH3 is 1. The normalized spacial score (nSPS) is 14.7. The number of piperazine rings is 1. The van der Waals surface area contributed by atoms with Crippen LogP contribution in [0.3, 0.4) is 0 Å². The molecule has 0 unspecified atom stereocenters. The average molecular weight is 429 g/mol. The van der Waals surface area contributed by atoms with Crippen LogP contribution in [0, 0.1) is 10.1 Å². The molecule has 4 heterocycles. The third-order valence-electron chi connectivity index (χ3n) is 4.57. The van der Waals surface area contributed by atoms with Gasteiger partial charge in [-0.25, -0.2) is 4.98 Å². The SMILES string of the molecule is COc1nc(Sc2cncc([N+](=O)[O-])n2)nc(-c2cc[nH]n2)c1N1CCN(C)CC1. The molecule has 0 spiro atoms. The van der Waals surface area contributed by atoms with Gasteiger partial charge < -0.3 is 24.7 Å². The smallest absolute Gasteiger partial charge is 0.383 e. The molecule has 0 aromatic carbocycles. The van der Waals surface area contributed by atoms with Crippen LogP contribution in [0.4, 0.5) is 11.5 Å². The summed E-state index contributed by atoms with van der Waals surface area (Å²) in [7, 11) is 3.64. The zero-order chi connectivity index (χ0) is 21.1. The summed E-state index contributed by atoms with van der Waals surface area (Å²) in [6.07, 6.45) is 4.24. The number of rotatable bonds is 6. The molecule has 0 bridgehead atoms. The van der Waals surface area contributed by atoms with Crippen molar-refractivity contribution in [2.75, 3.05) is 45.2 Å². The van der Waals surface area contributed by atoms with E-state index in [0.29, 0.717) is 27.5 Å². The minimum Gasteiger partial charge on any atom is -0.479 e. The van der Waals surface area contributed by atoms with Gasteiger partial charge in [0, 0.05) is 32.4 Å². The topological polar surface area (TPSA) is 139 Å². The number of ether oxygens (including phenoxy) is 1. The van der Waals surface area contributed by atoms with Gasteiger partial charge in [0.25, 0.3) is 0 Å². The van der Waals surface area contributed by atoms with Gasteiger partial charge in [-0.15, -0.1) is 0 Å². The maximum absolute atomic E-state index is 11.0. The minimum atomic E-state index is -0.593. The molecule has 12 nitrogen and oxygen atoms in total. The Kier molecular flexibility index (Phi) is 5.72. The average Bonchev–Trinajstić information content (AvgIpc) is 3.29. The minimum absolute atomic E-state index is 0.312. The first-order chi connectivity index (χ1) is 14.5. The van der Waals surface area contributed by atoms with Crippen LogP contribution < -0.4 is 9.64 Å². The lowest BCUT2D eigenvalue weighted by Gasteiger charge is -2.35. The van der Waals surface area contributed by atoms with Crippen LogP contribution in [0.1, 0.15) is 0 Å². The van der Waals surface area contributed by atoms with Crippen LogP contribution >= 0.6 is 11.8 Å². The highest BCUT2D eigenvalue weighted by Gasteiger charge is 2.26. The van der Waals surface area contributed by atoms with Crippen LogP contribution in [0.5, 0.6) is 5.88 Å². The van der Waals surface area contributed by atoms with Crippen molar-refractivity contribution < 1.29 is 9.66 Å². The molecule has 0 amide bonds. The van der Waals surface area contributed by atoms with Gasteiger partial charge >= 0.3 is 5.82 Å². The van der Waals surface area contributed by atoms with Gasteiger partial charge in [0.2, 0.25) is 10.9 Å². The second kappa shape index (κ2) is 8.59. The zero-order valence-electron chi connectivity index (χ0n) is 16.3. The standard InChI is InChI=1S/C17H19N9O3S/c1-24-5-7-25(8-6-24)15-14(11-3-4-19-23-11)21-17(22-16(15)29-2)30-13-10-18-9-12(20-13)26(27)28/h3-4,9-10H,5-8H2,1-2H3,(H,19,23). The van der Waals surface area contributed by atoms with Gasteiger partial charge in [-0.2, -0.15) is 10.1 Å². The molecule has 0 radical (unpaired) electrons. The molecule has 1 aliphatic heterocycles. The van der Waals surface area contributed by atoms with Crippen molar-refractivity contribution >= 4 is 23.3 Å². The van der Waals surface area contributed by atoms with Gasteiger partial charge in [0.05, 0.1) is 13.3 Å². The summed E-state index contributed by atoms with van der Waals surface area (Å²) in [4.78, 5) is 31.9. The van der Waals surface area contributed by atoms with Crippen molar-refractivity contribution in [2.24, 2.45) is 0 Å². The van der Waals surface area contributed by atoms with Gasteiger partial charge in [0.15, 0.2) is 5.16 Å². The molecule has 0 atom stereocenters. The molecule has 30 heavy (non-hydrogen) atoms. The van der Waals surface area contributed by atoms with Crippen LogP contribution in [0.25, 0.3) is 11.4 Å². The highest BCUT2D eigenvalue weighted by atomic mass is 32.2. The van der Waals surface area contributed by atoms with Crippen LogP contribution in [-0.4, -0.2) is 80.3 Å². The molecule has 0 aliphatic carbocycles. The Balaban J connectivity index is 1.75. The largest absolute Gasteiger partial charge is 0.479 e. The molecule has 0 saturated carbocycles. The number of hydrogen-bond acceptors (Lipinski definition) is 11. The van der Waals surface area contributed by atoms with E-state index in [9.17, 15) is 10.1 Å². The number of nitrogens with one attached hydrogen (secondary N) is 1. The lowest BCUT2D eigenvalue weighted by Crippen LogP contribution is -2.45. The fourth-order valence-electron chi connectivity index (χ4n) is 3.06. The third-order valence-corrected chi connectivity index (χ3v) is 5.34. The molecule has 1 aliphatic rings. The fourth-order valence-corrected chi connectivity index (χ4v) is 3.76. The number of likely N-dealkylation sites (N-methyl/N-ethyl adjacent to an activating group) is 1. The van der Waals surface area contributed by atoms with Gasteiger partial charge in [-0.3, -0.25) is 10.1 Å².